The monoisotopic (exact) mass is 381 g/mol. The minimum Gasteiger partial charge on any atom is -0.480 e. The van der Waals surface area contributed by atoms with Gasteiger partial charge in [0.05, 0.1) is 0 Å². The summed E-state index contributed by atoms with van der Waals surface area (Å²) in [5.74, 6) is -3.09. The standard InChI is InChI=1S/C16H29NO2.C2HF3O2/c1-2-3-4-5-6-10-13-17-15(16(18)19)14-11-8-7-9-12-14;3-2(4,5)1(6)7/h2,14-15,17H,1,3-13H2,(H,18,19);(H,6,7)/t15-;/m0./s1. The van der Waals surface area contributed by atoms with E-state index in [1.807, 2.05) is 6.08 Å². The van der Waals surface area contributed by atoms with Crippen molar-refractivity contribution < 1.29 is 33.0 Å². The number of unbranched alkanes of at least 4 members (excludes halogenated alkanes) is 4. The molecule has 1 aliphatic rings. The van der Waals surface area contributed by atoms with Gasteiger partial charge in [-0.3, -0.25) is 4.79 Å². The Balaban J connectivity index is 0.000000758. The molecule has 0 bridgehead atoms. The molecule has 8 heteroatoms. The number of alkyl halides is 3. The van der Waals surface area contributed by atoms with Crippen LogP contribution in [0.4, 0.5) is 13.2 Å². The van der Waals surface area contributed by atoms with Gasteiger partial charge in [0.1, 0.15) is 6.04 Å². The van der Waals surface area contributed by atoms with Crippen molar-refractivity contribution in [2.75, 3.05) is 6.54 Å². The molecule has 0 saturated heterocycles. The summed E-state index contributed by atoms with van der Waals surface area (Å²) in [6.07, 6.45) is 8.44. The zero-order valence-electron chi connectivity index (χ0n) is 15.1. The van der Waals surface area contributed by atoms with E-state index in [2.05, 4.69) is 11.9 Å². The normalized spacial score (nSPS) is 16.3. The van der Waals surface area contributed by atoms with Gasteiger partial charge in [0.25, 0.3) is 0 Å². The summed E-state index contributed by atoms with van der Waals surface area (Å²) in [5, 5.41) is 19.7. The highest BCUT2D eigenvalue weighted by molar-refractivity contribution is 5.74. The second-order valence-electron chi connectivity index (χ2n) is 6.46. The maximum atomic E-state index is 11.3. The van der Waals surface area contributed by atoms with E-state index in [9.17, 15) is 23.1 Å². The maximum absolute atomic E-state index is 11.3. The third kappa shape index (κ3) is 11.9. The molecule has 1 rings (SSSR count). The van der Waals surface area contributed by atoms with Gasteiger partial charge in [0, 0.05) is 0 Å². The van der Waals surface area contributed by atoms with Crippen molar-refractivity contribution >= 4 is 11.9 Å². The van der Waals surface area contributed by atoms with Crippen molar-refractivity contribution in [3.05, 3.63) is 12.7 Å². The van der Waals surface area contributed by atoms with Gasteiger partial charge >= 0.3 is 18.1 Å². The minimum atomic E-state index is -5.08. The van der Waals surface area contributed by atoms with Gasteiger partial charge in [-0.15, -0.1) is 6.58 Å². The Labute approximate surface area is 152 Å². The summed E-state index contributed by atoms with van der Waals surface area (Å²) in [5.41, 5.74) is 0. The number of halogens is 3. The molecule has 1 fully saturated rings. The highest BCUT2D eigenvalue weighted by Crippen LogP contribution is 2.26. The van der Waals surface area contributed by atoms with Crippen molar-refractivity contribution in [2.45, 2.75) is 76.4 Å². The molecule has 1 aliphatic carbocycles. The number of allylic oxidation sites excluding steroid dienone is 1. The van der Waals surface area contributed by atoms with Crippen LogP contribution in [0, 0.1) is 5.92 Å². The van der Waals surface area contributed by atoms with E-state index in [-0.39, 0.29) is 6.04 Å². The van der Waals surface area contributed by atoms with E-state index in [1.54, 1.807) is 0 Å². The lowest BCUT2D eigenvalue weighted by molar-refractivity contribution is -0.192. The number of nitrogens with one attached hydrogen (secondary N) is 1. The first kappa shape index (κ1) is 24.4. The Morgan fingerprint density at radius 3 is 2.08 bits per heavy atom. The topological polar surface area (TPSA) is 86.6 Å². The number of rotatable bonds is 10. The van der Waals surface area contributed by atoms with Gasteiger partial charge in [-0.05, 0) is 44.6 Å². The Morgan fingerprint density at radius 2 is 1.62 bits per heavy atom. The molecule has 152 valence electrons. The molecular weight excluding hydrogens is 351 g/mol. The maximum Gasteiger partial charge on any atom is 0.490 e. The Morgan fingerprint density at radius 1 is 1.08 bits per heavy atom. The minimum absolute atomic E-state index is 0.325. The molecule has 0 amide bonds. The van der Waals surface area contributed by atoms with Crippen molar-refractivity contribution in [3.63, 3.8) is 0 Å². The fraction of sp³-hybridized carbons (Fsp3) is 0.778. The average Bonchev–Trinajstić information content (AvgIpc) is 2.57. The van der Waals surface area contributed by atoms with Crippen LogP contribution in [0.1, 0.15) is 64.2 Å². The SMILES string of the molecule is C=CCCCCCCN[C@H](C(=O)O)C1CCCCC1.O=C(O)C(F)(F)F. The Hall–Kier alpha value is -1.57. The van der Waals surface area contributed by atoms with E-state index in [0.29, 0.717) is 5.92 Å². The van der Waals surface area contributed by atoms with E-state index in [1.165, 1.54) is 38.5 Å². The average molecular weight is 381 g/mol. The van der Waals surface area contributed by atoms with Crippen LogP contribution in [0.25, 0.3) is 0 Å². The molecular formula is C18H30F3NO4. The lowest BCUT2D eigenvalue weighted by atomic mass is 9.84. The first-order chi connectivity index (χ1) is 12.2. The number of aliphatic carboxylic acids is 2. The molecule has 0 aromatic rings. The molecule has 0 spiro atoms. The van der Waals surface area contributed by atoms with Crippen LogP contribution in [0.3, 0.4) is 0 Å². The van der Waals surface area contributed by atoms with Crippen LogP contribution in [0.2, 0.25) is 0 Å². The molecule has 0 aromatic carbocycles. The summed E-state index contributed by atoms with van der Waals surface area (Å²) in [4.78, 5) is 20.2. The molecule has 0 radical (unpaired) electrons. The molecule has 0 heterocycles. The van der Waals surface area contributed by atoms with Gasteiger partial charge in [-0.1, -0.05) is 38.2 Å². The summed E-state index contributed by atoms with van der Waals surface area (Å²) in [6.45, 7) is 4.55. The summed E-state index contributed by atoms with van der Waals surface area (Å²) < 4.78 is 31.7. The van der Waals surface area contributed by atoms with E-state index >= 15 is 0 Å². The van der Waals surface area contributed by atoms with Crippen LogP contribution in [-0.2, 0) is 9.59 Å². The van der Waals surface area contributed by atoms with Gasteiger partial charge in [-0.25, -0.2) is 4.79 Å². The largest absolute Gasteiger partial charge is 0.490 e. The number of carboxylic acids is 2. The predicted octanol–water partition coefficient (Wildman–Crippen LogP) is 4.38. The third-order valence-electron chi connectivity index (χ3n) is 4.33. The molecule has 0 aliphatic heterocycles. The van der Waals surface area contributed by atoms with Gasteiger partial charge in [0.2, 0.25) is 0 Å². The Kier molecular flexibility index (Phi) is 12.8. The van der Waals surface area contributed by atoms with Crippen LogP contribution >= 0.6 is 0 Å². The number of carbonyl (C=O) groups is 2. The summed E-state index contributed by atoms with van der Waals surface area (Å²) in [7, 11) is 0. The first-order valence-electron chi connectivity index (χ1n) is 9.07. The lowest BCUT2D eigenvalue weighted by Crippen LogP contribution is -2.44. The van der Waals surface area contributed by atoms with Gasteiger partial charge in [0.15, 0.2) is 0 Å². The van der Waals surface area contributed by atoms with Crippen molar-refractivity contribution in [1.29, 1.82) is 0 Å². The first-order valence-corrected chi connectivity index (χ1v) is 9.07. The highest BCUT2D eigenvalue weighted by Gasteiger charge is 2.38. The van der Waals surface area contributed by atoms with Crippen LogP contribution in [0.5, 0.6) is 0 Å². The molecule has 26 heavy (non-hydrogen) atoms. The van der Waals surface area contributed by atoms with Gasteiger partial charge in [-0.2, -0.15) is 13.2 Å². The number of hydrogen-bond acceptors (Lipinski definition) is 3. The van der Waals surface area contributed by atoms with Crippen LogP contribution in [-0.4, -0.2) is 40.9 Å². The summed E-state index contributed by atoms with van der Waals surface area (Å²) >= 11 is 0. The second-order valence-corrected chi connectivity index (χ2v) is 6.46. The zero-order valence-corrected chi connectivity index (χ0v) is 15.1. The smallest absolute Gasteiger partial charge is 0.480 e. The quantitative estimate of drug-likeness (QED) is 0.386. The molecule has 0 unspecified atom stereocenters. The predicted molar refractivity (Wildman–Crippen MR) is 93.0 cm³/mol. The molecule has 1 atom stereocenters. The zero-order chi connectivity index (χ0) is 20.0. The molecule has 0 aromatic heterocycles. The van der Waals surface area contributed by atoms with Gasteiger partial charge < -0.3 is 15.5 Å². The number of carboxylic acid groups (broad SMARTS) is 2. The van der Waals surface area contributed by atoms with E-state index < -0.39 is 18.1 Å². The molecule has 1 saturated carbocycles. The fourth-order valence-electron chi connectivity index (χ4n) is 2.95. The highest BCUT2D eigenvalue weighted by atomic mass is 19.4. The van der Waals surface area contributed by atoms with Crippen molar-refractivity contribution in [2.24, 2.45) is 5.92 Å². The van der Waals surface area contributed by atoms with E-state index in [0.717, 1.165) is 32.2 Å². The molecule has 3 N–H and O–H groups in total. The second kappa shape index (κ2) is 13.6. The number of hydrogen-bond donors (Lipinski definition) is 3. The van der Waals surface area contributed by atoms with Crippen molar-refractivity contribution in [1.82, 2.24) is 5.32 Å². The third-order valence-corrected chi connectivity index (χ3v) is 4.33. The Bertz CT molecular complexity index is 421. The van der Waals surface area contributed by atoms with Crippen LogP contribution < -0.4 is 5.32 Å². The summed E-state index contributed by atoms with van der Waals surface area (Å²) in [6, 6.07) is -0.325. The van der Waals surface area contributed by atoms with Crippen molar-refractivity contribution in [3.8, 4) is 0 Å². The fourth-order valence-corrected chi connectivity index (χ4v) is 2.95. The van der Waals surface area contributed by atoms with E-state index in [4.69, 9.17) is 9.90 Å². The lowest BCUT2D eigenvalue weighted by Gasteiger charge is -2.28. The van der Waals surface area contributed by atoms with Crippen LogP contribution in [0.15, 0.2) is 12.7 Å². The molecule has 5 nitrogen and oxygen atoms in total.